The number of thioether (sulfide) groups is 1. The number of amides is 1. The van der Waals surface area contributed by atoms with E-state index in [1.807, 2.05) is 17.8 Å². The maximum absolute atomic E-state index is 11.8. The summed E-state index contributed by atoms with van der Waals surface area (Å²) in [6, 6.07) is 6.39. The summed E-state index contributed by atoms with van der Waals surface area (Å²) < 4.78 is 1.06. The minimum atomic E-state index is 0. The summed E-state index contributed by atoms with van der Waals surface area (Å²) in [5.41, 5.74) is 1.22. The number of halogens is 2. The van der Waals surface area contributed by atoms with E-state index < -0.39 is 0 Å². The lowest BCUT2D eigenvalue weighted by Gasteiger charge is -2.31. The van der Waals surface area contributed by atoms with E-state index in [0.717, 1.165) is 10.2 Å². The molecule has 0 aromatic heterocycles. The fraction of sp³-hybridized carbons (Fsp3) is 0.462. The first-order valence-corrected chi connectivity index (χ1v) is 7.76. The highest BCUT2D eigenvalue weighted by atomic mass is 79.9. The second-order valence-corrected chi connectivity index (χ2v) is 6.52. The van der Waals surface area contributed by atoms with E-state index in [1.54, 1.807) is 7.05 Å². The van der Waals surface area contributed by atoms with E-state index in [1.165, 1.54) is 10.5 Å². The van der Waals surface area contributed by atoms with Crippen LogP contribution in [0.3, 0.4) is 0 Å². The number of carbonyl (C=O) groups excluding carboxylic acids is 1. The zero-order valence-electron chi connectivity index (χ0n) is 10.9. The van der Waals surface area contributed by atoms with E-state index in [-0.39, 0.29) is 24.4 Å². The molecule has 0 saturated carbocycles. The Bertz CT molecular complexity index is 458. The topological polar surface area (TPSA) is 41.1 Å². The second-order valence-electron chi connectivity index (χ2n) is 4.55. The van der Waals surface area contributed by atoms with E-state index >= 15 is 0 Å². The normalized spacial score (nSPS) is 21.2. The highest BCUT2D eigenvalue weighted by molar-refractivity contribution is 9.10. The fourth-order valence-electron chi connectivity index (χ4n) is 2.12. The van der Waals surface area contributed by atoms with Crippen LogP contribution in [0.5, 0.6) is 0 Å². The number of carbonyl (C=O) groups is 1. The molecule has 0 spiro atoms. The Morgan fingerprint density at radius 1 is 1.53 bits per heavy atom. The number of hydrogen-bond acceptors (Lipinski definition) is 3. The van der Waals surface area contributed by atoms with Crippen LogP contribution in [0.2, 0.25) is 0 Å². The number of fused-ring (bicyclic) bond motifs is 1. The molecule has 1 aliphatic rings. The predicted octanol–water partition coefficient (Wildman–Crippen LogP) is 2.99. The van der Waals surface area contributed by atoms with Gasteiger partial charge in [-0.25, -0.2) is 0 Å². The maximum atomic E-state index is 11.8. The van der Waals surface area contributed by atoms with Gasteiger partial charge in [0, 0.05) is 15.1 Å². The van der Waals surface area contributed by atoms with Gasteiger partial charge in [0.15, 0.2) is 0 Å². The molecule has 3 nitrogen and oxygen atoms in total. The molecule has 2 unspecified atom stereocenters. The van der Waals surface area contributed by atoms with Gasteiger partial charge in [-0.05, 0) is 36.7 Å². The second kappa shape index (κ2) is 7.53. The van der Waals surface area contributed by atoms with Gasteiger partial charge in [-0.2, -0.15) is 0 Å². The molecule has 1 aromatic carbocycles. The Labute approximate surface area is 132 Å². The van der Waals surface area contributed by atoms with Crippen LogP contribution in [-0.2, 0) is 4.79 Å². The average molecular weight is 366 g/mol. The number of hydrogen-bond donors (Lipinski definition) is 2. The smallest absolute Gasteiger partial charge is 0.234 e. The fourth-order valence-corrected chi connectivity index (χ4v) is 3.65. The largest absolute Gasteiger partial charge is 0.348 e. The highest BCUT2D eigenvalue weighted by Gasteiger charge is 2.28. The summed E-state index contributed by atoms with van der Waals surface area (Å²) >= 11 is 5.36. The number of likely N-dealkylation sites (N-methyl/N-ethyl adjacent to an activating group) is 1. The molecule has 1 aromatic rings. The Kier molecular flexibility index (Phi) is 6.66. The van der Waals surface area contributed by atoms with Crippen LogP contribution in [0.4, 0.5) is 0 Å². The van der Waals surface area contributed by atoms with Gasteiger partial charge in [0.05, 0.1) is 12.6 Å². The summed E-state index contributed by atoms with van der Waals surface area (Å²) in [5, 5.41) is 6.00. The lowest BCUT2D eigenvalue weighted by Crippen LogP contribution is -2.39. The number of rotatable bonds is 3. The van der Waals surface area contributed by atoms with Crippen molar-refractivity contribution in [1.82, 2.24) is 10.6 Å². The van der Waals surface area contributed by atoms with E-state index in [2.05, 4.69) is 45.6 Å². The Morgan fingerprint density at radius 3 is 2.95 bits per heavy atom. The van der Waals surface area contributed by atoms with Gasteiger partial charge >= 0.3 is 0 Å². The quantitative estimate of drug-likeness (QED) is 0.865. The van der Waals surface area contributed by atoms with Crippen LogP contribution in [0, 0.1) is 5.92 Å². The summed E-state index contributed by atoms with van der Waals surface area (Å²) in [6.45, 7) is 2.54. The van der Waals surface area contributed by atoms with Gasteiger partial charge in [-0.15, -0.1) is 24.2 Å². The first-order valence-electron chi connectivity index (χ1n) is 5.98. The van der Waals surface area contributed by atoms with Crippen LogP contribution < -0.4 is 10.6 Å². The third-order valence-electron chi connectivity index (χ3n) is 3.03. The molecule has 6 heteroatoms. The lowest BCUT2D eigenvalue weighted by atomic mass is 9.95. The van der Waals surface area contributed by atoms with Crippen molar-refractivity contribution in [2.45, 2.75) is 17.9 Å². The van der Waals surface area contributed by atoms with Crippen LogP contribution in [0.25, 0.3) is 0 Å². The van der Waals surface area contributed by atoms with Crippen molar-refractivity contribution in [2.75, 3.05) is 19.3 Å². The average Bonchev–Trinajstić information content (AvgIpc) is 2.33. The summed E-state index contributed by atoms with van der Waals surface area (Å²) in [5.74, 6) is 1.53. The van der Waals surface area contributed by atoms with Gasteiger partial charge in [0.25, 0.3) is 0 Å². The molecule has 2 rings (SSSR count). The summed E-state index contributed by atoms with van der Waals surface area (Å²) in [6.07, 6.45) is 0. The van der Waals surface area contributed by atoms with Gasteiger partial charge in [-0.1, -0.05) is 22.9 Å². The van der Waals surface area contributed by atoms with Crippen LogP contribution in [-0.4, -0.2) is 25.3 Å². The Morgan fingerprint density at radius 2 is 2.26 bits per heavy atom. The maximum Gasteiger partial charge on any atom is 0.234 e. The minimum Gasteiger partial charge on any atom is -0.348 e. The van der Waals surface area contributed by atoms with Gasteiger partial charge in [-0.3, -0.25) is 4.79 Å². The van der Waals surface area contributed by atoms with Crippen LogP contribution >= 0.6 is 40.1 Å². The van der Waals surface area contributed by atoms with Crippen molar-refractivity contribution < 1.29 is 4.79 Å². The van der Waals surface area contributed by atoms with E-state index in [4.69, 9.17) is 0 Å². The molecule has 1 aliphatic heterocycles. The molecule has 0 fully saturated rings. The standard InChI is InChI=1S/C13H17BrN2OS.ClH/c1-8-7-18-11-4-3-9(14)5-10(11)13(8)16-12(17)6-15-2;/h3-5,8,13,15H,6-7H2,1-2H3,(H,16,17);1H. The Balaban J connectivity index is 0.00000180. The van der Waals surface area contributed by atoms with E-state index in [9.17, 15) is 4.79 Å². The monoisotopic (exact) mass is 364 g/mol. The predicted molar refractivity (Wildman–Crippen MR) is 86.1 cm³/mol. The number of nitrogens with one attached hydrogen (secondary N) is 2. The zero-order chi connectivity index (χ0) is 13.1. The molecule has 0 aliphatic carbocycles. The highest BCUT2D eigenvalue weighted by Crippen LogP contribution is 2.40. The molecular formula is C13H18BrClN2OS. The van der Waals surface area contributed by atoms with Crippen LogP contribution in [0.15, 0.2) is 27.6 Å². The van der Waals surface area contributed by atoms with Gasteiger partial charge in [0.2, 0.25) is 5.91 Å². The van der Waals surface area contributed by atoms with Crippen molar-refractivity contribution in [3.63, 3.8) is 0 Å². The summed E-state index contributed by atoms with van der Waals surface area (Å²) in [4.78, 5) is 13.0. The molecule has 19 heavy (non-hydrogen) atoms. The molecule has 2 atom stereocenters. The molecule has 0 radical (unpaired) electrons. The van der Waals surface area contributed by atoms with Gasteiger partial charge in [0.1, 0.15) is 0 Å². The van der Waals surface area contributed by atoms with Crippen molar-refractivity contribution in [3.05, 3.63) is 28.2 Å². The molecule has 2 N–H and O–H groups in total. The first kappa shape index (κ1) is 16.8. The lowest BCUT2D eigenvalue weighted by molar-refractivity contribution is -0.121. The SMILES string of the molecule is CNCC(=O)NC1c2cc(Br)ccc2SCC1C.Cl. The minimum absolute atomic E-state index is 0. The van der Waals surface area contributed by atoms with Crippen molar-refractivity contribution in [3.8, 4) is 0 Å². The van der Waals surface area contributed by atoms with E-state index in [0.29, 0.717) is 12.5 Å². The molecular weight excluding hydrogens is 348 g/mol. The molecule has 1 heterocycles. The zero-order valence-corrected chi connectivity index (χ0v) is 14.1. The molecule has 106 valence electrons. The first-order chi connectivity index (χ1) is 8.61. The third-order valence-corrected chi connectivity index (χ3v) is 4.90. The third kappa shape index (κ3) is 4.12. The van der Waals surface area contributed by atoms with Crippen molar-refractivity contribution >= 4 is 46.0 Å². The summed E-state index contributed by atoms with van der Waals surface area (Å²) in [7, 11) is 1.78. The van der Waals surface area contributed by atoms with Crippen molar-refractivity contribution in [2.24, 2.45) is 5.92 Å². The van der Waals surface area contributed by atoms with Gasteiger partial charge < -0.3 is 10.6 Å². The molecule has 1 amide bonds. The molecule has 0 saturated heterocycles. The van der Waals surface area contributed by atoms with Crippen molar-refractivity contribution in [1.29, 1.82) is 0 Å². The number of benzene rings is 1. The molecule has 0 bridgehead atoms. The Hall–Kier alpha value is -0.230. The van der Waals surface area contributed by atoms with Crippen LogP contribution in [0.1, 0.15) is 18.5 Å².